The molecule has 1 aromatic rings. The standard InChI is InChI=1S/C18H30N4/c1-2-16-11-7-8-14-22(16)17-12-13-19-18(21-17)20-15-9-5-3-4-6-10-15/h12-13,15-16H,2-11,14H2,1H3,(H,19,20,21). The molecule has 2 fully saturated rings. The van der Waals surface area contributed by atoms with Gasteiger partial charge in [-0.25, -0.2) is 4.98 Å². The Morgan fingerprint density at radius 3 is 2.64 bits per heavy atom. The van der Waals surface area contributed by atoms with Gasteiger partial charge in [-0.05, 0) is 44.6 Å². The van der Waals surface area contributed by atoms with Crippen LogP contribution in [0.25, 0.3) is 0 Å². The van der Waals surface area contributed by atoms with Gasteiger partial charge in [-0.1, -0.05) is 32.6 Å². The number of aromatic nitrogens is 2. The number of hydrogen-bond donors (Lipinski definition) is 1. The third-order valence-electron chi connectivity index (χ3n) is 5.22. The van der Waals surface area contributed by atoms with E-state index in [1.807, 2.05) is 6.20 Å². The number of piperidine rings is 1. The highest BCUT2D eigenvalue weighted by Crippen LogP contribution is 2.26. The topological polar surface area (TPSA) is 41.1 Å². The van der Waals surface area contributed by atoms with E-state index in [1.54, 1.807) is 0 Å². The van der Waals surface area contributed by atoms with Crippen molar-refractivity contribution in [3.05, 3.63) is 12.3 Å². The van der Waals surface area contributed by atoms with Gasteiger partial charge >= 0.3 is 0 Å². The molecule has 0 radical (unpaired) electrons. The lowest BCUT2D eigenvalue weighted by Gasteiger charge is -2.36. The van der Waals surface area contributed by atoms with Crippen LogP contribution in [0.1, 0.15) is 71.1 Å². The zero-order chi connectivity index (χ0) is 15.2. The molecule has 4 heteroatoms. The van der Waals surface area contributed by atoms with Crippen LogP contribution < -0.4 is 10.2 Å². The van der Waals surface area contributed by atoms with Crippen LogP contribution in [-0.4, -0.2) is 28.6 Å². The summed E-state index contributed by atoms with van der Waals surface area (Å²) in [5, 5.41) is 3.58. The summed E-state index contributed by atoms with van der Waals surface area (Å²) in [4.78, 5) is 11.8. The fourth-order valence-electron chi connectivity index (χ4n) is 3.91. The Morgan fingerprint density at radius 1 is 1.09 bits per heavy atom. The smallest absolute Gasteiger partial charge is 0.224 e. The first-order chi connectivity index (χ1) is 10.9. The molecular weight excluding hydrogens is 272 g/mol. The maximum atomic E-state index is 4.82. The third-order valence-corrected chi connectivity index (χ3v) is 5.22. The van der Waals surface area contributed by atoms with Gasteiger partial charge in [-0.15, -0.1) is 0 Å². The van der Waals surface area contributed by atoms with Crippen molar-refractivity contribution in [1.82, 2.24) is 9.97 Å². The van der Waals surface area contributed by atoms with Crippen molar-refractivity contribution >= 4 is 11.8 Å². The van der Waals surface area contributed by atoms with Crippen LogP contribution in [0.5, 0.6) is 0 Å². The predicted molar refractivity (Wildman–Crippen MR) is 92.4 cm³/mol. The molecule has 1 saturated carbocycles. The van der Waals surface area contributed by atoms with E-state index < -0.39 is 0 Å². The van der Waals surface area contributed by atoms with Crippen molar-refractivity contribution < 1.29 is 0 Å². The summed E-state index contributed by atoms with van der Waals surface area (Å²) in [6, 6.07) is 3.28. The minimum absolute atomic E-state index is 0.557. The summed E-state index contributed by atoms with van der Waals surface area (Å²) in [6.07, 6.45) is 15.0. The van der Waals surface area contributed by atoms with Crippen LogP contribution in [0.2, 0.25) is 0 Å². The molecule has 1 aliphatic heterocycles. The number of nitrogens with zero attached hydrogens (tertiary/aromatic N) is 3. The highest BCUT2D eigenvalue weighted by molar-refractivity contribution is 5.44. The van der Waals surface area contributed by atoms with Crippen molar-refractivity contribution in [1.29, 1.82) is 0 Å². The maximum Gasteiger partial charge on any atom is 0.224 e. The molecule has 1 saturated heterocycles. The van der Waals surface area contributed by atoms with Crippen molar-refractivity contribution in [2.24, 2.45) is 0 Å². The SMILES string of the molecule is CCC1CCCCN1c1ccnc(NC2CCCCCC2)n1. The lowest BCUT2D eigenvalue weighted by molar-refractivity contribution is 0.446. The molecule has 1 atom stereocenters. The molecule has 1 unspecified atom stereocenters. The number of rotatable bonds is 4. The summed E-state index contributed by atoms with van der Waals surface area (Å²) in [7, 11) is 0. The molecule has 0 amide bonds. The van der Waals surface area contributed by atoms with Crippen molar-refractivity contribution in [2.45, 2.75) is 83.2 Å². The summed E-state index contributed by atoms with van der Waals surface area (Å²) in [5.74, 6) is 1.93. The van der Waals surface area contributed by atoms with Gasteiger partial charge in [0.1, 0.15) is 5.82 Å². The molecule has 1 aliphatic carbocycles. The number of nitrogens with one attached hydrogen (secondary N) is 1. The Kier molecular flexibility index (Phi) is 5.52. The molecule has 0 spiro atoms. The molecule has 4 nitrogen and oxygen atoms in total. The lowest BCUT2D eigenvalue weighted by atomic mass is 10.0. The van der Waals surface area contributed by atoms with E-state index in [0.717, 1.165) is 18.3 Å². The van der Waals surface area contributed by atoms with Gasteiger partial charge in [-0.3, -0.25) is 0 Å². The monoisotopic (exact) mass is 302 g/mol. The molecule has 2 heterocycles. The van der Waals surface area contributed by atoms with Gasteiger partial charge in [0.25, 0.3) is 0 Å². The van der Waals surface area contributed by atoms with Crippen LogP contribution in [0.3, 0.4) is 0 Å². The van der Waals surface area contributed by atoms with Gasteiger partial charge in [0.15, 0.2) is 0 Å². The molecule has 122 valence electrons. The molecular formula is C18H30N4. The van der Waals surface area contributed by atoms with Crippen LogP contribution in [0.15, 0.2) is 12.3 Å². The van der Waals surface area contributed by atoms with Crippen LogP contribution in [0, 0.1) is 0 Å². The van der Waals surface area contributed by atoms with E-state index in [1.165, 1.54) is 64.2 Å². The Bertz CT molecular complexity index is 454. The van der Waals surface area contributed by atoms with E-state index in [4.69, 9.17) is 4.98 Å². The van der Waals surface area contributed by atoms with Gasteiger partial charge in [0, 0.05) is 24.8 Å². The first-order valence-electron chi connectivity index (χ1n) is 9.23. The molecule has 1 N–H and O–H groups in total. The fourth-order valence-corrected chi connectivity index (χ4v) is 3.91. The van der Waals surface area contributed by atoms with E-state index >= 15 is 0 Å². The quantitative estimate of drug-likeness (QED) is 0.838. The van der Waals surface area contributed by atoms with Crippen LogP contribution >= 0.6 is 0 Å². The zero-order valence-electron chi connectivity index (χ0n) is 13.9. The second-order valence-corrected chi connectivity index (χ2v) is 6.82. The van der Waals surface area contributed by atoms with E-state index in [0.29, 0.717) is 12.1 Å². The first kappa shape index (κ1) is 15.6. The molecule has 22 heavy (non-hydrogen) atoms. The second-order valence-electron chi connectivity index (χ2n) is 6.82. The minimum Gasteiger partial charge on any atom is -0.353 e. The van der Waals surface area contributed by atoms with Crippen molar-refractivity contribution in [3.8, 4) is 0 Å². The summed E-state index contributed by atoms with van der Waals surface area (Å²) in [5.41, 5.74) is 0. The third kappa shape index (κ3) is 3.90. The maximum absolute atomic E-state index is 4.82. The Balaban J connectivity index is 1.68. The lowest BCUT2D eigenvalue weighted by Crippen LogP contribution is -2.39. The average molecular weight is 302 g/mol. The normalized spacial score (nSPS) is 24.0. The molecule has 1 aromatic heterocycles. The number of hydrogen-bond acceptors (Lipinski definition) is 4. The first-order valence-corrected chi connectivity index (χ1v) is 9.23. The van der Waals surface area contributed by atoms with Crippen molar-refractivity contribution in [2.75, 3.05) is 16.8 Å². The molecule has 0 bridgehead atoms. The van der Waals surface area contributed by atoms with Gasteiger partial charge in [-0.2, -0.15) is 4.98 Å². The van der Waals surface area contributed by atoms with Gasteiger partial charge in [0.2, 0.25) is 5.95 Å². The summed E-state index contributed by atoms with van der Waals surface area (Å²) < 4.78 is 0. The van der Waals surface area contributed by atoms with Crippen LogP contribution in [0.4, 0.5) is 11.8 Å². The summed E-state index contributed by atoms with van der Waals surface area (Å²) in [6.45, 7) is 3.42. The van der Waals surface area contributed by atoms with Gasteiger partial charge in [0.05, 0.1) is 0 Å². The number of anilines is 2. The molecule has 0 aromatic carbocycles. The zero-order valence-corrected chi connectivity index (χ0v) is 13.9. The van der Waals surface area contributed by atoms with Crippen LogP contribution in [-0.2, 0) is 0 Å². The largest absolute Gasteiger partial charge is 0.353 e. The minimum atomic E-state index is 0.557. The van der Waals surface area contributed by atoms with E-state index in [9.17, 15) is 0 Å². The highest BCUT2D eigenvalue weighted by Gasteiger charge is 2.22. The average Bonchev–Trinajstić information content (AvgIpc) is 2.84. The fraction of sp³-hybridized carbons (Fsp3) is 0.778. The van der Waals surface area contributed by atoms with E-state index in [-0.39, 0.29) is 0 Å². The molecule has 3 rings (SSSR count). The second kappa shape index (κ2) is 7.80. The predicted octanol–water partition coefficient (Wildman–Crippen LogP) is 4.38. The Morgan fingerprint density at radius 2 is 1.86 bits per heavy atom. The summed E-state index contributed by atoms with van der Waals surface area (Å²) >= 11 is 0. The Hall–Kier alpha value is -1.32. The Labute approximate surface area is 134 Å². The van der Waals surface area contributed by atoms with Gasteiger partial charge < -0.3 is 10.2 Å². The van der Waals surface area contributed by atoms with E-state index in [2.05, 4.69) is 28.2 Å². The highest BCUT2D eigenvalue weighted by atomic mass is 15.2. The molecule has 2 aliphatic rings. The van der Waals surface area contributed by atoms with Crippen molar-refractivity contribution in [3.63, 3.8) is 0 Å².